The molecule has 1 amide bonds. The molecule has 2 saturated heterocycles. The summed E-state index contributed by atoms with van der Waals surface area (Å²) < 4.78 is 13.6. The predicted octanol–water partition coefficient (Wildman–Crippen LogP) is 1.32. The fraction of sp³-hybridized carbons (Fsp3) is 0.500. The Labute approximate surface area is 105 Å². The van der Waals surface area contributed by atoms with Crippen LogP contribution >= 0.6 is 0 Å². The Hall–Kier alpha value is -1.42. The van der Waals surface area contributed by atoms with E-state index in [2.05, 4.69) is 5.32 Å². The molecule has 1 N–H and O–H groups in total. The normalized spacial score (nSPS) is 32.3. The third-order valence-electron chi connectivity index (χ3n) is 4.66. The molecule has 3 heterocycles. The minimum absolute atomic E-state index is 0.124. The maximum absolute atomic E-state index is 13.6. The van der Waals surface area contributed by atoms with Crippen molar-refractivity contribution in [3.63, 3.8) is 0 Å². The highest BCUT2D eigenvalue weighted by atomic mass is 19.1. The number of carbonyl (C=O) groups is 1. The van der Waals surface area contributed by atoms with Gasteiger partial charge in [0, 0.05) is 23.8 Å². The highest BCUT2D eigenvalue weighted by Gasteiger charge is 2.52. The average Bonchev–Trinajstić information content (AvgIpc) is 3.04. The number of amides is 1. The van der Waals surface area contributed by atoms with Gasteiger partial charge in [-0.3, -0.25) is 4.79 Å². The molecule has 0 aromatic heterocycles. The molecule has 4 heteroatoms. The molecule has 3 aliphatic heterocycles. The van der Waals surface area contributed by atoms with E-state index in [4.69, 9.17) is 0 Å². The molecule has 1 aliphatic carbocycles. The smallest absolute Gasteiger partial charge is 0.232 e. The van der Waals surface area contributed by atoms with E-state index in [1.54, 1.807) is 11.0 Å². The van der Waals surface area contributed by atoms with Gasteiger partial charge in [-0.15, -0.1) is 0 Å². The van der Waals surface area contributed by atoms with Gasteiger partial charge in [-0.1, -0.05) is 6.07 Å². The summed E-state index contributed by atoms with van der Waals surface area (Å²) in [5, 5.41) is 3.36. The van der Waals surface area contributed by atoms with Crippen molar-refractivity contribution < 1.29 is 9.18 Å². The van der Waals surface area contributed by atoms with E-state index in [-0.39, 0.29) is 17.6 Å². The predicted molar refractivity (Wildman–Crippen MR) is 65.8 cm³/mol. The van der Waals surface area contributed by atoms with E-state index < -0.39 is 0 Å². The van der Waals surface area contributed by atoms with Crippen molar-refractivity contribution in [3.8, 4) is 0 Å². The molecular weight excluding hydrogens is 231 g/mol. The number of benzene rings is 1. The minimum atomic E-state index is -0.183. The van der Waals surface area contributed by atoms with E-state index in [1.165, 1.54) is 6.07 Å². The number of nitrogens with zero attached hydrogens (tertiary/aromatic N) is 1. The van der Waals surface area contributed by atoms with Gasteiger partial charge < -0.3 is 10.2 Å². The van der Waals surface area contributed by atoms with Crippen LogP contribution < -0.4 is 10.2 Å². The molecule has 94 valence electrons. The Balaban J connectivity index is 1.65. The van der Waals surface area contributed by atoms with Crippen molar-refractivity contribution in [2.75, 3.05) is 18.0 Å². The zero-order valence-corrected chi connectivity index (χ0v) is 10.0. The van der Waals surface area contributed by atoms with E-state index in [9.17, 15) is 9.18 Å². The van der Waals surface area contributed by atoms with Crippen LogP contribution in [0.15, 0.2) is 18.2 Å². The van der Waals surface area contributed by atoms with Gasteiger partial charge in [0.15, 0.2) is 0 Å². The van der Waals surface area contributed by atoms with E-state index >= 15 is 0 Å². The molecule has 1 saturated carbocycles. The van der Waals surface area contributed by atoms with Crippen LogP contribution in [0.25, 0.3) is 0 Å². The molecular formula is C14H15FN2O. The Morgan fingerprint density at radius 3 is 3.06 bits per heavy atom. The zero-order valence-electron chi connectivity index (χ0n) is 10.0. The zero-order chi connectivity index (χ0) is 12.3. The monoisotopic (exact) mass is 246 g/mol. The second-order valence-electron chi connectivity index (χ2n) is 5.51. The number of anilines is 1. The van der Waals surface area contributed by atoms with Crippen LogP contribution in [0.5, 0.6) is 0 Å². The summed E-state index contributed by atoms with van der Waals surface area (Å²) in [6, 6.07) is 5.38. The molecule has 3 nitrogen and oxygen atoms in total. The van der Waals surface area contributed by atoms with Gasteiger partial charge in [0.1, 0.15) is 5.82 Å². The molecule has 4 aliphatic rings. The van der Waals surface area contributed by atoms with Crippen molar-refractivity contribution in [2.24, 2.45) is 11.8 Å². The molecule has 5 rings (SSSR count). The van der Waals surface area contributed by atoms with Crippen molar-refractivity contribution in [3.05, 3.63) is 29.6 Å². The second kappa shape index (κ2) is 3.54. The molecule has 2 bridgehead atoms. The first-order valence-corrected chi connectivity index (χ1v) is 6.58. The molecule has 0 radical (unpaired) electrons. The molecule has 3 atom stereocenters. The van der Waals surface area contributed by atoms with E-state index in [0.717, 1.165) is 18.7 Å². The number of rotatable bonds is 1. The van der Waals surface area contributed by atoms with Gasteiger partial charge in [0.2, 0.25) is 5.91 Å². The molecule has 3 fully saturated rings. The number of fused-ring (bicyclic) bond motifs is 2. The number of halogens is 1. The van der Waals surface area contributed by atoms with Crippen LogP contribution in [0.4, 0.5) is 10.1 Å². The topological polar surface area (TPSA) is 32.3 Å². The lowest BCUT2D eigenvalue weighted by Crippen LogP contribution is -2.49. The van der Waals surface area contributed by atoms with Gasteiger partial charge in [-0.25, -0.2) is 4.39 Å². The third kappa shape index (κ3) is 1.24. The van der Waals surface area contributed by atoms with Crippen LogP contribution in [-0.4, -0.2) is 25.0 Å². The Bertz CT molecular complexity index is 517. The van der Waals surface area contributed by atoms with Crippen LogP contribution in [-0.2, 0) is 11.2 Å². The minimum Gasteiger partial charge on any atom is -0.313 e. The van der Waals surface area contributed by atoms with Gasteiger partial charge in [-0.2, -0.15) is 0 Å². The fourth-order valence-electron chi connectivity index (χ4n) is 3.65. The largest absolute Gasteiger partial charge is 0.313 e. The summed E-state index contributed by atoms with van der Waals surface area (Å²) >= 11 is 0. The third-order valence-corrected chi connectivity index (χ3v) is 4.66. The lowest BCUT2D eigenvalue weighted by Gasteiger charge is -2.36. The standard InChI is InChI=1S/C14H15FN2O/c15-10-2-1-3-12-9(10)4-5-17(12)14(18)13-8-6-11(13)16-7-8/h1-3,8,11,13,16H,4-7H2/t8-,11-,13+/m0/s1. The van der Waals surface area contributed by atoms with Crippen molar-refractivity contribution in [1.29, 1.82) is 0 Å². The second-order valence-corrected chi connectivity index (χ2v) is 5.51. The van der Waals surface area contributed by atoms with Crippen LogP contribution in [0.2, 0.25) is 0 Å². The van der Waals surface area contributed by atoms with Crippen molar-refractivity contribution in [1.82, 2.24) is 5.32 Å². The van der Waals surface area contributed by atoms with Gasteiger partial charge in [0.05, 0.1) is 5.92 Å². The first-order chi connectivity index (χ1) is 8.75. The maximum Gasteiger partial charge on any atom is 0.232 e. The molecule has 18 heavy (non-hydrogen) atoms. The van der Waals surface area contributed by atoms with Crippen molar-refractivity contribution in [2.45, 2.75) is 18.9 Å². The number of hydrogen-bond donors (Lipinski definition) is 1. The number of hydrogen-bond acceptors (Lipinski definition) is 2. The maximum atomic E-state index is 13.6. The number of nitrogens with one attached hydrogen (secondary N) is 1. The summed E-state index contributed by atoms with van der Waals surface area (Å²) in [6.45, 7) is 1.59. The van der Waals surface area contributed by atoms with Gasteiger partial charge in [-0.05, 0) is 37.4 Å². The van der Waals surface area contributed by atoms with Crippen LogP contribution in [0.3, 0.4) is 0 Å². The quantitative estimate of drug-likeness (QED) is 0.810. The summed E-state index contributed by atoms with van der Waals surface area (Å²) in [4.78, 5) is 14.3. The Morgan fingerprint density at radius 2 is 2.33 bits per heavy atom. The molecule has 0 spiro atoms. The van der Waals surface area contributed by atoms with E-state index in [1.807, 2.05) is 6.07 Å². The fourth-order valence-corrected chi connectivity index (χ4v) is 3.65. The average molecular weight is 246 g/mol. The highest BCUT2D eigenvalue weighted by Crippen LogP contribution is 2.43. The van der Waals surface area contributed by atoms with Crippen LogP contribution in [0, 0.1) is 17.7 Å². The first-order valence-electron chi connectivity index (χ1n) is 6.58. The summed E-state index contributed by atoms with van der Waals surface area (Å²) in [5.74, 6) is 0.627. The van der Waals surface area contributed by atoms with Gasteiger partial charge >= 0.3 is 0 Å². The SMILES string of the molecule is O=C([C@@H]1[C@@H]2CN[C@H]1C2)N1CCc2c(F)cccc21. The van der Waals surface area contributed by atoms with Crippen LogP contribution in [0.1, 0.15) is 12.0 Å². The number of carbonyl (C=O) groups excluding carboxylic acids is 1. The summed E-state index contributed by atoms with van der Waals surface area (Å²) in [7, 11) is 0. The Kier molecular flexibility index (Phi) is 2.07. The highest BCUT2D eigenvalue weighted by molar-refractivity contribution is 5.98. The van der Waals surface area contributed by atoms with Gasteiger partial charge in [0.25, 0.3) is 0 Å². The first kappa shape index (κ1) is 10.5. The van der Waals surface area contributed by atoms with Crippen molar-refractivity contribution >= 4 is 11.6 Å². The molecule has 1 aromatic rings. The summed E-state index contributed by atoms with van der Waals surface area (Å²) in [6.07, 6.45) is 1.77. The summed E-state index contributed by atoms with van der Waals surface area (Å²) in [5.41, 5.74) is 1.48. The lowest BCUT2D eigenvalue weighted by atomic mass is 9.73. The molecule has 0 unspecified atom stereocenters. The lowest BCUT2D eigenvalue weighted by molar-refractivity contribution is -0.126. The van der Waals surface area contributed by atoms with E-state index in [0.29, 0.717) is 30.5 Å². The molecule has 1 aromatic carbocycles. The Morgan fingerprint density at radius 1 is 1.44 bits per heavy atom.